The van der Waals surface area contributed by atoms with Gasteiger partial charge in [-0.15, -0.1) is 0 Å². The van der Waals surface area contributed by atoms with Crippen LogP contribution >= 0.6 is 15.9 Å². The van der Waals surface area contributed by atoms with E-state index in [1.165, 1.54) is 19.3 Å². The molecule has 110 valence electrons. The Morgan fingerprint density at radius 1 is 1.35 bits per heavy atom. The van der Waals surface area contributed by atoms with Crippen LogP contribution in [-0.2, 0) is 0 Å². The monoisotopic (exact) mass is 338 g/mol. The zero-order valence-corrected chi connectivity index (χ0v) is 13.9. The molecule has 2 rings (SSSR count). The van der Waals surface area contributed by atoms with E-state index in [-0.39, 0.29) is 11.9 Å². The first-order chi connectivity index (χ1) is 9.58. The van der Waals surface area contributed by atoms with Crippen molar-refractivity contribution >= 4 is 21.8 Å². The van der Waals surface area contributed by atoms with E-state index in [4.69, 9.17) is 0 Å². The Kier molecular flexibility index (Phi) is 5.61. The van der Waals surface area contributed by atoms with Gasteiger partial charge < -0.3 is 10.2 Å². The molecule has 1 atom stereocenters. The van der Waals surface area contributed by atoms with Crippen molar-refractivity contribution in [1.29, 1.82) is 0 Å². The number of amides is 1. The first-order valence-corrected chi connectivity index (χ1v) is 8.15. The summed E-state index contributed by atoms with van der Waals surface area (Å²) in [5.74, 6) is 0.00471. The minimum absolute atomic E-state index is 0.00471. The van der Waals surface area contributed by atoms with Crippen molar-refractivity contribution in [3.8, 4) is 0 Å². The fourth-order valence-electron chi connectivity index (χ4n) is 2.70. The van der Waals surface area contributed by atoms with Crippen LogP contribution in [0, 0.1) is 6.92 Å². The average molecular weight is 339 g/mol. The second-order valence-corrected chi connectivity index (χ2v) is 6.47. The number of hydrogen-bond donors (Lipinski definition) is 1. The summed E-state index contributed by atoms with van der Waals surface area (Å²) in [6, 6.07) is 5.95. The largest absolute Gasteiger partial charge is 0.348 e. The van der Waals surface area contributed by atoms with Gasteiger partial charge in [-0.3, -0.25) is 4.79 Å². The van der Waals surface area contributed by atoms with Gasteiger partial charge in [0, 0.05) is 17.1 Å². The number of carbonyl (C=O) groups excluding carboxylic acids is 1. The lowest BCUT2D eigenvalue weighted by atomic mass is 10.1. The first kappa shape index (κ1) is 15.5. The average Bonchev–Trinajstić information content (AvgIpc) is 2.42. The fraction of sp³-hybridized carbons (Fsp3) is 0.562. The van der Waals surface area contributed by atoms with E-state index in [0.29, 0.717) is 0 Å². The third kappa shape index (κ3) is 4.06. The molecule has 20 heavy (non-hydrogen) atoms. The van der Waals surface area contributed by atoms with Gasteiger partial charge in [-0.2, -0.15) is 0 Å². The van der Waals surface area contributed by atoms with Crippen molar-refractivity contribution in [1.82, 2.24) is 10.2 Å². The number of nitrogens with one attached hydrogen (secondary N) is 1. The van der Waals surface area contributed by atoms with E-state index < -0.39 is 0 Å². The predicted octanol–water partition coefficient (Wildman–Crippen LogP) is 3.36. The lowest BCUT2D eigenvalue weighted by molar-refractivity contribution is 0.0925. The number of halogens is 1. The second-order valence-electron chi connectivity index (χ2n) is 5.67. The SMILES string of the molecule is Cc1cccc(C(=O)NC(C)CN2CCCCC2)c1Br. The predicted molar refractivity (Wildman–Crippen MR) is 86.1 cm³/mol. The Morgan fingerprint density at radius 2 is 2.05 bits per heavy atom. The Morgan fingerprint density at radius 3 is 2.75 bits per heavy atom. The standard InChI is InChI=1S/C16H23BrN2O/c1-12-7-6-8-14(15(12)17)16(20)18-13(2)11-19-9-4-3-5-10-19/h6-8,13H,3-5,9-11H2,1-2H3,(H,18,20). The molecule has 1 amide bonds. The molecule has 1 aliphatic heterocycles. The van der Waals surface area contributed by atoms with Gasteiger partial charge in [0.25, 0.3) is 5.91 Å². The fourth-order valence-corrected chi connectivity index (χ4v) is 3.14. The van der Waals surface area contributed by atoms with Gasteiger partial charge in [0.15, 0.2) is 0 Å². The summed E-state index contributed by atoms with van der Waals surface area (Å²) in [5, 5.41) is 3.10. The summed E-state index contributed by atoms with van der Waals surface area (Å²) in [6.07, 6.45) is 3.90. The lowest BCUT2D eigenvalue weighted by Gasteiger charge is -2.29. The molecule has 1 N–H and O–H groups in total. The zero-order chi connectivity index (χ0) is 14.5. The van der Waals surface area contributed by atoms with E-state index in [1.807, 2.05) is 25.1 Å². The van der Waals surface area contributed by atoms with Gasteiger partial charge >= 0.3 is 0 Å². The van der Waals surface area contributed by atoms with Crippen LogP contribution in [0.4, 0.5) is 0 Å². The number of nitrogens with zero attached hydrogens (tertiary/aromatic N) is 1. The van der Waals surface area contributed by atoms with E-state index in [1.54, 1.807) is 0 Å². The highest BCUT2D eigenvalue weighted by Gasteiger charge is 2.17. The highest BCUT2D eigenvalue weighted by molar-refractivity contribution is 9.10. The summed E-state index contributed by atoms with van der Waals surface area (Å²) >= 11 is 3.50. The summed E-state index contributed by atoms with van der Waals surface area (Å²) in [5.41, 5.74) is 1.80. The van der Waals surface area contributed by atoms with E-state index >= 15 is 0 Å². The van der Waals surface area contributed by atoms with Crippen LogP contribution in [0.3, 0.4) is 0 Å². The van der Waals surface area contributed by atoms with Crippen LogP contribution in [-0.4, -0.2) is 36.5 Å². The molecule has 0 aliphatic carbocycles. The molecular formula is C16H23BrN2O. The van der Waals surface area contributed by atoms with Gasteiger partial charge in [0.05, 0.1) is 5.56 Å². The number of benzene rings is 1. The molecular weight excluding hydrogens is 316 g/mol. The number of rotatable bonds is 4. The summed E-state index contributed by atoms with van der Waals surface area (Å²) in [6.45, 7) is 7.34. The molecule has 1 fully saturated rings. The number of aryl methyl sites for hydroxylation is 1. The second kappa shape index (κ2) is 7.23. The molecule has 1 aliphatic rings. The summed E-state index contributed by atoms with van der Waals surface area (Å²) < 4.78 is 0.891. The number of hydrogen-bond acceptors (Lipinski definition) is 2. The van der Waals surface area contributed by atoms with Gasteiger partial charge in [-0.05, 0) is 67.3 Å². The van der Waals surface area contributed by atoms with Crippen LogP contribution < -0.4 is 5.32 Å². The molecule has 1 saturated heterocycles. The molecule has 4 heteroatoms. The molecule has 0 aromatic heterocycles. The van der Waals surface area contributed by atoms with Crippen molar-refractivity contribution < 1.29 is 4.79 Å². The minimum Gasteiger partial charge on any atom is -0.348 e. The van der Waals surface area contributed by atoms with Gasteiger partial charge in [-0.25, -0.2) is 0 Å². The first-order valence-electron chi connectivity index (χ1n) is 7.36. The van der Waals surface area contributed by atoms with Crippen molar-refractivity contribution in [3.05, 3.63) is 33.8 Å². The molecule has 3 nitrogen and oxygen atoms in total. The van der Waals surface area contributed by atoms with E-state index in [2.05, 4.69) is 33.1 Å². The van der Waals surface area contributed by atoms with Gasteiger partial charge in [0.1, 0.15) is 0 Å². The van der Waals surface area contributed by atoms with E-state index in [0.717, 1.165) is 35.2 Å². The van der Waals surface area contributed by atoms with Gasteiger partial charge in [0.2, 0.25) is 0 Å². The zero-order valence-electron chi connectivity index (χ0n) is 12.3. The molecule has 0 bridgehead atoms. The molecule has 1 aromatic carbocycles. The number of carbonyl (C=O) groups is 1. The normalized spacial score (nSPS) is 17.8. The van der Waals surface area contributed by atoms with Crippen molar-refractivity contribution in [2.75, 3.05) is 19.6 Å². The topological polar surface area (TPSA) is 32.3 Å². The minimum atomic E-state index is 0.00471. The van der Waals surface area contributed by atoms with Crippen molar-refractivity contribution in [3.63, 3.8) is 0 Å². The maximum absolute atomic E-state index is 12.3. The highest BCUT2D eigenvalue weighted by Crippen LogP contribution is 2.21. The third-order valence-corrected chi connectivity index (χ3v) is 4.85. The molecule has 0 radical (unpaired) electrons. The maximum Gasteiger partial charge on any atom is 0.252 e. The van der Waals surface area contributed by atoms with Crippen molar-refractivity contribution in [2.45, 2.75) is 39.2 Å². The van der Waals surface area contributed by atoms with Crippen LogP contribution in [0.1, 0.15) is 42.1 Å². The molecule has 1 heterocycles. The number of likely N-dealkylation sites (tertiary alicyclic amines) is 1. The Labute approximate surface area is 129 Å². The summed E-state index contributed by atoms with van der Waals surface area (Å²) in [4.78, 5) is 14.8. The van der Waals surface area contributed by atoms with Crippen LogP contribution in [0.15, 0.2) is 22.7 Å². The maximum atomic E-state index is 12.3. The quantitative estimate of drug-likeness (QED) is 0.912. The Balaban J connectivity index is 1.91. The van der Waals surface area contributed by atoms with Crippen LogP contribution in [0.2, 0.25) is 0 Å². The Bertz CT molecular complexity index is 470. The molecule has 0 saturated carbocycles. The highest BCUT2D eigenvalue weighted by atomic mass is 79.9. The third-order valence-electron chi connectivity index (χ3n) is 3.79. The smallest absolute Gasteiger partial charge is 0.252 e. The van der Waals surface area contributed by atoms with Gasteiger partial charge in [-0.1, -0.05) is 18.6 Å². The molecule has 0 spiro atoms. The van der Waals surface area contributed by atoms with E-state index in [9.17, 15) is 4.79 Å². The summed E-state index contributed by atoms with van der Waals surface area (Å²) in [7, 11) is 0. The lowest BCUT2D eigenvalue weighted by Crippen LogP contribution is -2.43. The Hall–Kier alpha value is -0.870. The number of piperidine rings is 1. The van der Waals surface area contributed by atoms with Crippen LogP contribution in [0.5, 0.6) is 0 Å². The molecule has 1 aromatic rings. The van der Waals surface area contributed by atoms with Crippen LogP contribution in [0.25, 0.3) is 0 Å². The van der Waals surface area contributed by atoms with Crippen molar-refractivity contribution in [2.24, 2.45) is 0 Å². The molecule has 1 unspecified atom stereocenters.